The molecule has 0 aromatic heterocycles. The Kier molecular flexibility index (Phi) is 9.74. The van der Waals surface area contributed by atoms with Crippen LogP contribution in [0.15, 0.2) is 61.3 Å². The molecule has 0 N–H and O–H groups in total. The molecule has 1 saturated carbocycles. The van der Waals surface area contributed by atoms with E-state index in [1.54, 1.807) is 0 Å². The highest BCUT2D eigenvalue weighted by Crippen LogP contribution is 2.46. The van der Waals surface area contributed by atoms with Gasteiger partial charge in [-0.25, -0.2) is 0 Å². The molecule has 0 spiro atoms. The van der Waals surface area contributed by atoms with Gasteiger partial charge in [-0.15, -0.1) is 6.58 Å². The highest BCUT2D eigenvalue weighted by molar-refractivity contribution is 5.28. The molecule has 3 aliphatic carbocycles. The molecular formula is C34H53N. The zero-order chi connectivity index (χ0) is 24.8. The zero-order valence-corrected chi connectivity index (χ0v) is 23.1. The van der Waals surface area contributed by atoms with Crippen LogP contribution < -0.4 is 0 Å². The standard InChI is InChI=1S/C34H53N/c1-6-27(23-20-26(5)29-21-18-25(4)19-22-29)28(7-2)24-34-31(8-3)32-16-12-13-17-33(32)35(34)30-14-10-9-11-15-30/h6-7,9-10,12,16,24-27,29-34H,1-2,8,11,13-15,17-23H2,3-5H3/b28-24+. The molecular weight excluding hydrogens is 422 g/mol. The first-order chi connectivity index (χ1) is 17.1. The Morgan fingerprint density at radius 3 is 2.43 bits per heavy atom. The molecule has 7 unspecified atom stereocenters. The van der Waals surface area contributed by atoms with Gasteiger partial charge in [0.2, 0.25) is 0 Å². The van der Waals surface area contributed by atoms with Crippen LogP contribution in [0.25, 0.3) is 0 Å². The Balaban J connectivity index is 1.51. The monoisotopic (exact) mass is 475 g/mol. The third kappa shape index (κ3) is 6.15. The maximum atomic E-state index is 4.32. The summed E-state index contributed by atoms with van der Waals surface area (Å²) in [6.07, 6.45) is 32.8. The van der Waals surface area contributed by atoms with Crippen molar-refractivity contribution in [3.8, 4) is 0 Å². The van der Waals surface area contributed by atoms with E-state index in [1.807, 2.05) is 0 Å². The van der Waals surface area contributed by atoms with Crippen LogP contribution in [-0.2, 0) is 0 Å². The van der Waals surface area contributed by atoms with Crippen molar-refractivity contribution in [2.45, 2.75) is 116 Å². The van der Waals surface area contributed by atoms with E-state index < -0.39 is 0 Å². The summed E-state index contributed by atoms with van der Waals surface area (Å²) in [5.74, 6) is 4.55. The Morgan fingerprint density at radius 2 is 1.77 bits per heavy atom. The smallest absolute Gasteiger partial charge is 0.0324 e. The second-order valence-electron chi connectivity index (χ2n) is 12.4. The number of nitrogens with zero attached hydrogens (tertiary/aromatic N) is 1. The maximum absolute atomic E-state index is 4.32. The predicted octanol–water partition coefficient (Wildman–Crippen LogP) is 9.30. The molecule has 1 nitrogen and oxygen atoms in total. The van der Waals surface area contributed by atoms with Crippen molar-refractivity contribution in [1.82, 2.24) is 4.90 Å². The molecule has 1 aliphatic heterocycles. The average molecular weight is 476 g/mol. The van der Waals surface area contributed by atoms with Gasteiger partial charge in [0.25, 0.3) is 0 Å². The van der Waals surface area contributed by atoms with Crippen molar-refractivity contribution >= 4 is 0 Å². The minimum Gasteiger partial charge on any atom is -0.290 e. The molecule has 4 aliphatic rings. The highest BCUT2D eigenvalue weighted by Gasteiger charge is 2.48. The third-order valence-corrected chi connectivity index (χ3v) is 10.3. The summed E-state index contributed by atoms with van der Waals surface area (Å²) in [5, 5.41) is 0. The molecule has 7 atom stereocenters. The van der Waals surface area contributed by atoms with Crippen LogP contribution in [0.5, 0.6) is 0 Å². The van der Waals surface area contributed by atoms with Gasteiger partial charge in [-0.1, -0.05) is 89.1 Å². The molecule has 0 radical (unpaired) electrons. The molecule has 0 aromatic carbocycles. The number of rotatable bonds is 10. The summed E-state index contributed by atoms with van der Waals surface area (Å²) >= 11 is 0. The van der Waals surface area contributed by atoms with Gasteiger partial charge in [-0.3, -0.25) is 4.90 Å². The molecule has 1 heterocycles. The molecule has 194 valence electrons. The van der Waals surface area contributed by atoms with E-state index in [-0.39, 0.29) is 0 Å². The van der Waals surface area contributed by atoms with Gasteiger partial charge in [0.05, 0.1) is 0 Å². The Hall–Kier alpha value is -1.34. The van der Waals surface area contributed by atoms with Gasteiger partial charge < -0.3 is 0 Å². The van der Waals surface area contributed by atoms with E-state index in [1.165, 1.54) is 82.6 Å². The first-order valence-electron chi connectivity index (χ1n) is 15.1. The van der Waals surface area contributed by atoms with E-state index in [0.717, 1.165) is 17.8 Å². The number of fused-ring (bicyclic) bond motifs is 1. The van der Waals surface area contributed by atoms with Gasteiger partial charge in [0, 0.05) is 24.0 Å². The second-order valence-corrected chi connectivity index (χ2v) is 12.4. The second kappa shape index (κ2) is 12.8. The lowest BCUT2D eigenvalue weighted by molar-refractivity contribution is 0.121. The highest BCUT2D eigenvalue weighted by atomic mass is 15.3. The third-order valence-electron chi connectivity index (χ3n) is 10.3. The van der Waals surface area contributed by atoms with E-state index >= 15 is 0 Å². The number of allylic oxidation sites excluding steroid dienone is 5. The van der Waals surface area contributed by atoms with Crippen molar-refractivity contribution in [1.29, 1.82) is 0 Å². The number of hydrogen-bond acceptors (Lipinski definition) is 1. The van der Waals surface area contributed by atoms with Crippen molar-refractivity contribution < 1.29 is 0 Å². The summed E-state index contributed by atoms with van der Waals surface area (Å²) in [4.78, 5) is 2.97. The fourth-order valence-electron chi connectivity index (χ4n) is 8.07. The van der Waals surface area contributed by atoms with E-state index in [9.17, 15) is 0 Å². The van der Waals surface area contributed by atoms with Crippen LogP contribution in [0.1, 0.15) is 97.8 Å². The first kappa shape index (κ1) is 26.7. The topological polar surface area (TPSA) is 3.24 Å². The minimum atomic E-state index is 0.432. The number of likely N-dealkylation sites (tertiary alicyclic amines) is 1. The summed E-state index contributed by atoms with van der Waals surface area (Å²) in [5.41, 5.74) is 1.44. The van der Waals surface area contributed by atoms with E-state index in [2.05, 4.69) is 81.4 Å². The molecule has 1 heteroatoms. The van der Waals surface area contributed by atoms with Crippen molar-refractivity contribution in [2.75, 3.05) is 0 Å². The van der Waals surface area contributed by atoms with Gasteiger partial charge in [-0.05, 0) is 93.0 Å². The quantitative estimate of drug-likeness (QED) is 0.225. The molecule has 0 amide bonds. The fourth-order valence-corrected chi connectivity index (χ4v) is 8.07. The average Bonchev–Trinajstić information content (AvgIpc) is 3.21. The lowest BCUT2D eigenvalue weighted by Gasteiger charge is -2.39. The van der Waals surface area contributed by atoms with E-state index in [4.69, 9.17) is 0 Å². The first-order valence-corrected chi connectivity index (χ1v) is 15.1. The molecule has 0 aromatic rings. The lowest BCUT2D eigenvalue weighted by atomic mass is 9.74. The van der Waals surface area contributed by atoms with Gasteiger partial charge in [0.15, 0.2) is 0 Å². The molecule has 0 bridgehead atoms. The summed E-state index contributed by atoms with van der Waals surface area (Å²) in [6.45, 7) is 16.0. The van der Waals surface area contributed by atoms with Crippen molar-refractivity contribution in [2.24, 2.45) is 35.5 Å². The zero-order valence-electron chi connectivity index (χ0n) is 23.1. The van der Waals surface area contributed by atoms with Crippen LogP contribution in [0.3, 0.4) is 0 Å². The van der Waals surface area contributed by atoms with Crippen LogP contribution in [0.4, 0.5) is 0 Å². The normalized spacial score (nSPS) is 37.6. The molecule has 4 rings (SSSR count). The van der Waals surface area contributed by atoms with Crippen LogP contribution in [0, 0.1) is 35.5 Å². The Bertz CT molecular complexity index is 778. The number of hydrogen-bond donors (Lipinski definition) is 0. The fraction of sp³-hybridized carbons (Fsp3) is 0.706. The van der Waals surface area contributed by atoms with Crippen LogP contribution >= 0.6 is 0 Å². The Labute approximate surface area is 217 Å². The molecule has 1 saturated heterocycles. The summed E-state index contributed by atoms with van der Waals surface area (Å²) in [6, 6.07) is 1.94. The van der Waals surface area contributed by atoms with E-state index in [0.29, 0.717) is 35.9 Å². The van der Waals surface area contributed by atoms with Crippen molar-refractivity contribution in [3.05, 3.63) is 61.3 Å². The Morgan fingerprint density at radius 1 is 1.00 bits per heavy atom. The largest absolute Gasteiger partial charge is 0.290 e. The minimum absolute atomic E-state index is 0.432. The molecule has 2 fully saturated rings. The van der Waals surface area contributed by atoms with Crippen molar-refractivity contribution in [3.63, 3.8) is 0 Å². The van der Waals surface area contributed by atoms with Gasteiger partial charge >= 0.3 is 0 Å². The van der Waals surface area contributed by atoms with Gasteiger partial charge in [-0.2, -0.15) is 0 Å². The summed E-state index contributed by atoms with van der Waals surface area (Å²) in [7, 11) is 0. The SMILES string of the molecule is C=C/C(=C\C1C(CC)C2C=CCCC2N1C1CC=CCC1)C(C=C)CCC(C)C1CCC(C)CC1. The lowest BCUT2D eigenvalue weighted by Crippen LogP contribution is -2.45. The van der Waals surface area contributed by atoms with Crippen LogP contribution in [0.2, 0.25) is 0 Å². The summed E-state index contributed by atoms with van der Waals surface area (Å²) < 4.78 is 0. The van der Waals surface area contributed by atoms with Gasteiger partial charge in [0.1, 0.15) is 0 Å². The molecule has 35 heavy (non-hydrogen) atoms. The maximum Gasteiger partial charge on any atom is 0.0324 e. The van der Waals surface area contributed by atoms with Crippen LogP contribution in [-0.4, -0.2) is 23.0 Å². The predicted molar refractivity (Wildman–Crippen MR) is 153 cm³/mol.